The summed E-state index contributed by atoms with van der Waals surface area (Å²) in [5.74, 6) is 0.792. The van der Waals surface area contributed by atoms with Crippen LogP contribution in [0.3, 0.4) is 0 Å². The third-order valence-corrected chi connectivity index (χ3v) is 2.58. The van der Waals surface area contributed by atoms with Crippen LogP contribution in [0.15, 0.2) is 24.3 Å². The summed E-state index contributed by atoms with van der Waals surface area (Å²) < 4.78 is 5.68. The highest BCUT2D eigenvalue weighted by Crippen LogP contribution is 2.32. The molecule has 80 valence electrons. The topological polar surface area (TPSA) is 58.7 Å². The minimum Gasteiger partial charge on any atom is -0.485 e. The summed E-state index contributed by atoms with van der Waals surface area (Å²) in [6, 6.07) is 7.68. The van der Waals surface area contributed by atoms with Gasteiger partial charge in [-0.15, -0.1) is 0 Å². The Labute approximate surface area is 89.8 Å². The van der Waals surface area contributed by atoms with Crippen molar-refractivity contribution in [1.29, 1.82) is 0 Å². The van der Waals surface area contributed by atoms with Gasteiger partial charge < -0.3 is 20.3 Å². The molecule has 1 unspecified atom stereocenters. The van der Waals surface area contributed by atoms with E-state index in [9.17, 15) is 5.02 Å². The number of nitrogens with zero attached hydrogens (tertiary/aromatic N) is 1. The number of fused-ring (bicyclic) bond motifs is 1. The van der Waals surface area contributed by atoms with E-state index in [0.29, 0.717) is 13.1 Å². The van der Waals surface area contributed by atoms with Crippen LogP contribution in [-0.2, 0) is 0 Å². The van der Waals surface area contributed by atoms with E-state index in [1.54, 1.807) is 6.82 Å². The quantitative estimate of drug-likeness (QED) is 0.684. The highest BCUT2D eigenvalue weighted by molar-refractivity contribution is 6.54. The summed E-state index contributed by atoms with van der Waals surface area (Å²) in [7, 11) is -0.524. The molecule has 1 aliphatic rings. The van der Waals surface area contributed by atoms with Gasteiger partial charge in [-0.25, -0.2) is 0 Å². The first-order valence-electron chi connectivity index (χ1n) is 5.13. The van der Waals surface area contributed by atoms with E-state index in [1.807, 2.05) is 29.1 Å². The lowest BCUT2D eigenvalue weighted by atomic mass is 9.83. The molecule has 0 aliphatic carbocycles. The summed E-state index contributed by atoms with van der Waals surface area (Å²) in [5.41, 5.74) is 6.52. The number of anilines is 1. The van der Waals surface area contributed by atoms with Gasteiger partial charge in [0.25, 0.3) is 0 Å². The fourth-order valence-electron chi connectivity index (χ4n) is 1.81. The van der Waals surface area contributed by atoms with E-state index >= 15 is 0 Å². The largest absolute Gasteiger partial charge is 0.485 e. The van der Waals surface area contributed by atoms with Crippen molar-refractivity contribution >= 4 is 12.7 Å². The number of hydrogen-bond acceptors (Lipinski definition) is 4. The van der Waals surface area contributed by atoms with Crippen molar-refractivity contribution in [2.75, 3.05) is 17.9 Å². The second kappa shape index (κ2) is 4.12. The number of ether oxygens (including phenoxy) is 1. The Hall–Kier alpha value is -1.20. The fraction of sp³-hybridized carbons (Fsp3) is 0.400. The lowest BCUT2D eigenvalue weighted by Crippen LogP contribution is -2.49. The number of hydrogen-bond donors (Lipinski definition) is 2. The van der Waals surface area contributed by atoms with Crippen LogP contribution < -0.4 is 15.3 Å². The van der Waals surface area contributed by atoms with Crippen molar-refractivity contribution in [2.24, 2.45) is 5.73 Å². The fourth-order valence-corrected chi connectivity index (χ4v) is 1.81. The predicted molar refractivity (Wildman–Crippen MR) is 61.1 cm³/mol. The molecular formula is C10H15BN2O2. The van der Waals surface area contributed by atoms with E-state index in [2.05, 4.69) is 0 Å². The highest BCUT2D eigenvalue weighted by atomic mass is 16.5. The summed E-state index contributed by atoms with van der Waals surface area (Å²) >= 11 is 0. The molecule has 0 fully saturated rings. The van der Waals surface area contributed by atoms with Crippen LogP contribution in [0.5, 0.6) is 5.75 Å². The zero-order valence-electron chi connectivity index (χ0n) is 8.76. The molecule has 1 aromatic rings. The summed E-state index contributed by atoms with van der Waals surface area (Å²) in [6.07, 6.45) is -0.0468. The van der Waals surface area contributed by atoms with Crippen LogP contribution in [0.4, 0.5) is 5.69 Å². The molecule has 1 heterocycles. The van der Waals surface area contributed by atoms with Crippen molar-refractivity contribution in [3.63, 3.8) is 0 Å². The summed E-state index contributed by atoms with van der Waals surface area (Å²) in [6.45, 7) is 2.83. The van der Waals surface area contributed by atoms with Crippen molar-refractivity contribution in [3.05, 3.63) is 24.3 Å². The van der Waals surface area contributed by atoms with Gasteiger partial charge in [0.2, 0.25) is 0 Å². The minimum absolute atomic E-state index is 0.0468. The maximum absolute atomic E-state index is 9.67. The monoisotopic (exact) mass is 206 g/mol. The smallest absolute Gasteiger partial charge is 0.409 e. The minimum atomic E-state index is -0.524. The van der Waals surface area contributed by atoms with E-state index in [0.717, 1.165) is 11.4 Å². The normalized spacial score (nSPS) is 19.4. The Balaban J connectivity index is 2.34. The average Bonchev–Trinajstić information content (AvgIpc) is 2.27. The molecular weight excluding hydrogens is 191 g/mol. The molecule has 0 bridgehead atoms. The molecule has 1 atom stereocenters. The first kappa shape index (κ1) is 10.3. The Morgan fingerprint density at radius 2 is 2.33 bits per heavy atom. The second-order valence-corrected chi connectivity index (χ2v) is 3.73. The van der Waals surface area contributed by atoms with Crippen LogP contribution in [0, 0.1) is 0 Å². The van der Waals surface area contributed by atoms with Gasteiger partial charge >= 0.3 is 7.05 Å². The van der Waals surface area contributed by atoms with Crippen LogP contribution in [0.1, 0.15) is 0 Å². The maximum Gasteiger partial charge on any atom is 0.409 e. The van der Waals surface area contributed by atoms with E-state index in [4.69, 9.17) is 10.5 Å². The zero-order valence-corrected chi connectivity index (χ0v) is 8.76. The van der Waals surface area contributed by atoms with Gasteiger partial charge in [-0.2, -0.15) is 0 Å². The van der Waals surface area contributed by atoms with Gasteiger partial charge in [-0.05, 0) is 19.0 Å². The zero-order chi connectivity index (χ0) is 10.8. The lowest BCUT2D eigenvalue weighted by molar-refractivity contribution is 0.206. The summed E-state index contributed by atoms with van der Waals surface area (Å²) in [5, 5.41) is 9.67. The lowest BCUT2D eigenvalue weighted by Gasteiger charge is -2.36. The first-order chi connectivity index (χ1) is 7.22. The third-order valence-electron chi connectivity index (χ3n) is 2.58. The molecule has 15 heavy (non-hydrogen) atoms. The Morgan fingerprint density at radius 3 is 3.00 bits per heavy atom. The number of benzene rings is 1. The number of para-hydroxylation sites is 2. The number of rotatable bonds is 2. The SMILES string of the molecule is CB(O)N1CC(CN)Oc2ccccc21. The molecule has 1 aromatic carbocycles. The maximum atomic E-state index is 9.67. The van der Waals surface area contributed by atoms with Gasteiger partial charge in [-0.1, -0.05) is 12.1 Å². The molecule has 0 spiro atoms. The Bertz CT molecular complexity index is 346. The van der Waals surface area contributed by atoms with Gasteiger partial charge in [0.1, 0.15) is 11.9 Å². The van der Waals surface area contributed by atoms with Gasteiger partial charge in [0, 0.05) is 13.1 Å². The molecule has 3 N–H and O–H groups in total. The molecule has 0 saturated heterocycles. The van der Waals surface area contributed by atoms with Crippen molar-refractivity contribution in [1.82, 2.24) is 0 Å². The van der Waals surface area contributed by atoms with Crippen molar-refractivity contribution in [3.8, 4) is 5.75 Å². The standard InChI is InChI=1S/C10H15BN2O2/c1-11(14)13-7-8(6-12)15-10-5-3-2-4-9(10)13/h2-5,8,14H,6-7,12H2,1H3. The first-order valence-corrected chi connectivity index (χ1v) is 5.13. The van der Waals surface area contributed by atoms with Gasteiger partial charge in [-0.3, -0.25) is 0 Å². The van der Waals surface area contributed by atoms with E-state index < -0.39 is 7.05 Å². The molecule has 4 nitrogen and oxygen atoms in total. The van der Waals surface area contributed by atoms with Crippen LogP contribution in [0.2, 0.25) is 6.82 Å². The third kappa shape index (κ3) is 1.93. The Kier molecular flexibility index (Phi) is 2.84. The van der Waals surface area contributed by atoms with Gasteiger partial charge in [0.05, 0.1) is 5.69 Å². The van der Waals surface area contributed by atoms with Crippen LogP contribution in [-0.4, -0.2) is 31.3 Å². The van der Waals surface area contributed by atoms with E-state index in [1.165, 1.54) is 0 Å². The molecule has 1 aliphatic heterocycles. The molecule has 5 heteroatoms. The predicted octanol–water partition coefficient (Wildman–Crippen LogP) is 0.323. The second-order valence-electron chi connectivity index (χ2n) is 3.73. The molecule has 0 aromatic heterocycles. The summed E-state index contributed by atoms with van der Waals surface area (Å²) in [4.78, 5) is 1.90. The van der Waals surface area contributed by atoms with E-state index in [-0.39, 0.29) is 6.10 Å². The molecule has 2 rings (SSSR count). The van der Waals surface area contributed by atoms with Crippen molar-refractivity contribution in [2.45, 2.75) is 12.9 Å². The van der Waals surface area contributed by atoms with Gasteiger partial charge in [0.15, 0.2) is 0 Å². The number of nitrogens with two attached hydrogens (primary N) is 1. The van der Waals surface area contributed by atoms with Crippen LogP contribution in [0.25, 0.3) is 0 Å². The molecule has 0 amide bonds. The van der Waals surface area contributed by atoms with Crippen molar-refractivity contribution < 1.29 is 9.76 Å². The highest BCUT2D eigenvalue weighted by Gasteiger charge is 2.28. The average molecular weight is 206 g/mol. The Morgan fingerprint density at radius 1 is 1.60 bits per heavy atom. The molecule has 0 saturated carbocycles. The molecule has 0 radical (unpaired) electrons. The van der Waals surface area contributed by atoms with Crippen LogP contribution >= 0.6 is 0 Å².